The van der Waals surface area contributed by atoms with Gasteiger partial charge in [0.1, 0.15) is 11.1 Å². The van der Waals surface area contributed by atoms with Crippen molar-refractivity contribution in [1.29, 1.82) is 0 Å². The van der Waals surface area contributed by atoms with Crippen molar-refractivity contribution in [3.05, 3.63) is 16.1 Å². The molecular formula is C16H28N4O2S2. The maximum absolute atomic E-state index is 10.5. The van der Waals surface area contributed by atoms with Crippen LogP contribution in [0.2, 0.25) is 0 Å². The number of rotatable bonds is 7. The van der Waals surface area contributed by atoms with E-state index in [1.165, 1.54) is 0 Å². The maximum Gasteiger partial charge on any atom is 0.194 e. The third-order valence-electron chi connectivity index (χ3n) is 3.97. The number of hydrogen-bond donors (Lipinski definition) is 2. The highest BCUT2D eigenvalue weighted by molar-refractivity contribution is 7.99. The molecule has 1 aromatic rings. The molecule has 0 bridgehead atoms. The summed E-state index contributed by atoms with van der Waals surface area (Å²) >= 11 is 3.41. The van der Waals surface area contributed by atoms with Gasteiger partial charge in [0.05, 0.1) is 24.4 Å². The number of hydrogen-bond acceptors (Lipinski definition) is 6. The van der Waals surface area contributed by atoms with Gasteiger partial charge in [-0.2, -0.15) is 11.8 Å². The Morgan fingerprint density at radius 3 is 3.04 bits per heavy atom. The van der Waals surface area contributed by atoms with Gasteiger partial charge in [0.25, 0.3) is 0 Å². The zero-order valence-corrected chi connectivity index (χ0v) is 16.5. The quantitative estimate of drug-likeness (QED) is 0.564. The van der Waals surface area contributed by atoms with E-state index in [9.17, 15) is 5.11 Å². The minimum atomic E-state index is -0.659. The molecule has 1 aliphatic rings. The molecule has 2 unspecified atom stereocenters. The van der Waals surface area contributed by atoms with E-state index in [-0.39, 0.29) is 6.10 Å². The van der Waals surface area contributed by atoms with Crippen LogP contribution in [0.15, 0.2) is 10.4 Å². The average Bonchev–Trinajstić information content (AvgIpc) is 3.20. The molecule has 0 radical (unpaired) electrons. The second-order valence-corrected chi connectivity index (χ2v) is 8.10. The van der Waals surface area contributed by atoms with E-state index in [1.807, 2.05) is 25.8 Å². The monoisotopic (exact) mass is 372 g/mol. The van der Waals surface area contributed by atoms with Gasteiger partial charge in [0.15, 0.2) is 5.96 Å². The number of thiazole rings is 1. The number of aliphatic imine (C=N–C) groups is 1. The highest BCUT2D eigenvalue weighted by Gasteiger charge is 2.31. The van der Waals surface area contributed by atoms with Crippen LogP contribution >= 0.6 is 23.1 Å². The largest absolute Gasteiger partial charge is 0.387 e. The first-order valence-electron chi connectivity index (χ1n) is 8.24. The van der Waals surface area contributed by atoms with E-state index in [2.05, 4.69) is 20.7 Å². The Kier molecular flexibility index (Phi) is 7.34. The van der Waals surface area contributed by atoms with Crippen molar-refractivity contribution in [2.75, 3.05) is 38.8 Å². The van der Waals surface area contributed by atoms with Gasteiger partial charge < -0.3 is 20.1 Å². The molecule has 1 aromatic heterocycles. The number of aliphatic hydroxyl groups is 1. The Balaban J connectivity index is 2.00. The van der Waals surface area contributed by atoms with Crippen LogP contribution in [0.25, 0.3) is 0 Å². The Labute approximate surface area is 152 Å². The molecular weight excluding hydrogens is 344 g/mol. The van der Waals surface area contributed by atoms with Gasteiger partial charge in [0.2, 0.25) is 0 Å². The van der Waals surface area contributed by atoms with Gasteiger partial charge in [-0.25, -0.2) is 4.98 Å². The van der Waals surface area contributed by atoms with E-state index in [4.69, 9.17) is 4.74 Å². The molecule has 0 spiro atoms. The third kappa shape index (κ3) is 5.34. The lowest BCUT2D eigenvalue weighted by molar-refractivity contribution is 0.0776. The van der Waals surface area contributed by atoms with Gasteiger partial charge >= 0.3 is 0 Å². The molecule has 2 rings (SSSR count). The first kappa shape index (κ1) is 19.5. The Morgan fingerprint density at radius 1 is 1.62 bits per heavy atom. The summed E-state index contributed by atoms with van der Waals surface area (Å²) in [6, 6.07) is 0. The number of methoxy groups -OCH3 is 1. The predicted octanol–water partition coefficient (Wildman–Crippen LogP) is 2.12. The zero-order chi connectivity index (χ0) is 17.6. The number of ether oxygens (including phenoxy) is 1. The van der Waals surface area contributed by atoms with Crippen LogP contribution in [-0.4, -0.2) is 65.3 Å². The molecule has 24 heavy (non-hydrogen) atoms. The van der Waals surface area contributed by atoms with Crippen molar-refractivity contribution in [1.82, 2.24) is 15.2 Å². The van der Waals surface area contributed by atoms with Crippen LogP contribution < -0.4 is 5.32 Å². The number of nitrogens with zero attached hydrogens (tertiary/aromatic N) is 3. The van der Waals surface area contributed by atoms with Crippen molar-refractivity contribution >= 4 is 29.1 Å². The highest BCUT2D eigenvalue weighted by Crippen LogP contribution is 2.28. The van der Waals surface area contributed by atoms with Crippen LogP contribution in [0.3, 0.4) is 0 Å². The second kappa shape index (κ2) is 9.03. The lowest BCUT2D eigenvalue weighted by atomic mass is 10.1. The molecule has 0 aliphatic carbocycles. The fourth-order valence-corrected chi connectivity index (χ4v) is 4.54. The molecule has 1 fully saturated rings. The third-order valence-corrected chi connectivity index (χ3v) is 6.26. The SMILES string of the molecule is CCNC(=NCC1(O)CCSC1)N(C)Cc1csc(C(C)OC)n1. The molecule has 1 aliphatic heterocycles. The summed E-state index contributed by atoms with van der Waals surface area (Å²) in [5, 5.41) is 16.8. The molecule has 2 N–H and O–H groups in total. The number of nitrogens with one attached hydrogen (secondary N) is 1. The van der Waals surface area contributed by atoms with Crippen molar-refractivity contribution in [2.45, 2.75) is 38.5 Å². The first-order chi connectivity index (χ1) is 11.5. The smallest absolute Gasteiger partial charge is 0.194 e. The van der Waals surface area contributed by atoms with Crippen molar-refractivity contribution in [3.8, 4) is 0 Å². The molecule has 2 heterocycles. The predicted molar refractivity (Wildman–Crippen MR) is 102 cm³/mol. The van der Waals surface area contributed by atoms with E-state index in [0.29, 0.717) is 13.1 Å². The average molecular weight is 373 g/mol. The normalized spacial score (nSPS) is 22.6. The van der Waals surface area contributed by atoms with Crippen molar-refractivity contribution in [2.24, 2.45) is 4.99 Å². The van der Waals surface area contributed by atoms with Crippen LogP contribution in [0.1, 0.15) is 37.1 Å². The first-order valence-corrected chi connectivity index (χ1v) is 10.3. The molecule has 136 valence electrons. The summed E-state index contributed by atoms with van der Waals surface area (Å²) in [7, 11) is 3.69. The Hall–Kier alpha value is -0.830. The van der Waals surface area contributed by atoms with Gasteiger partial charge in [0, 0.05) is 31.8 Å². The second-order valence-electron chi connectivity index (χ2n) is 6.11. The van der Waals surface area contributed by atoms with Crippen LogP contribution in [0.4, 0.5) is 0 Å². The van der Waals surface area contributed by atoms with Gasteiger partial charge in [-0.3, -0.25) is 4.99 Å². The molecule has 0 amide bonds. The minimum Gasteiger partial charge on any atom is -0.387 e. The summed E-state index contributed by atoms with van der Waals surface area (Å²) in [5.74, 6) is 2.58. The lowest BCUT2D eigenvalue weighted by Crippen LogP contribution is -2.41. The van der Waals surface area contributed by atoms with E-state index >= 15 is 0 Å². The molecule has 0 saturated carbocycles. The van der Waals surface area contributed by atoms with E-state index in [1.54, 1.807) is 30.2 Å². The molecule has 0 aromatic carbocycles. The van der Waals surface area contributed by atoms with Crippen LogP contribution in [0.5, 0.6) is 0 Å². The summed E-state index contributed by atoms with van der Waals surface area (Å²) in [4.78, 5) is 11.3. The molecule has 1 saturated heterocycles. The van der Waals surface area contributed by atoms with Crippen molar-refractivity contribution < 1.29 is 9.84 Å². The molecule has 8 heteroatoms. The summed E-state index contributed by atoms with van der Waals surface area (Å²) in [6.07, 6.45) is 0.833. The lowest BCUT2D eigenvalue weighted by Gasteiger charge is -2.24. The molecule has 6 nitrogen and oxygen atoms in total. The topological polar surface area (TPSA) is 70.0 Å². The number of aromatic nitrogens is 1. The Morgan fingerprint density at radius 2 is 2.42 bits per heavy atom. The summed E-state index contributed by atoms with van der Waals surface area (Å²) in [6.45, 7) is 5.95. The number of guanidine groups is 1. The van der Waals surface area contributed by atoms with Crippen LogP contribution in [-0.2, 0) is 11.3 Å². The standard InChI is InChI=1S/C16H28N4O2S2/c1-5-17-15(18-10-16(21)6-7-23-11-16)20(3)8-13-9-24-14(19-13)12(2)22-4/h9,12,21H,5-8,10-11H2,1-4H3,(H,17,18). The van der Waals surface area contributed by atoms with Gasteiger partial charge in [-0.1, -0.05) is 0 Å². The number of thioether (sulfide) groups is 1. The van der Waals surface area contributed by atoms with Gasteiger partial charge in [-0.15, -0.1) is 11.3 Å². The minimum absolute atomic E-state index is 0.0186. The van der Waals surface area contributed by atoms with E-state index < -0.39 is 5.60 Å². The van der Waals surface area contributed by atoms with Gasteiger partial charge in [-0.05, 0) is 26.0 Å². The van der Waals surface area contributed by atoms with Crippen molar-refractivity contribution in [3.63, 3.8) is 0 Å². The summed E-state index contributed by atoms with van der Waals surface area (Å²) in [5.41, 5.74) is 0.343. The summed E-state index contributed by atoms with van der Waals surface area (Å²) < 4.78 is 5.32. The maximum atomic E-state index is 10.5. The van der Waals surface area contributed by atoms with Crippen LogP contribution in [0, 0.1) is 0 Å². The fourth-order valence-electron chi connectivity index (χ4n) is 2.41. The van der Waals surface area contributed by atoms with E-state index in [0.717, 1.165) is 41.1 Å². The zero-order valence-electron chi connectivity index (χ0n) is 14.9. The Bertz CT molecular complexity index is 544. The fraction of sp³-hybridized carbons (Fsp3) is 0.750. The molecule has 2 atom stereocenters. The highest BCUT2D eigenvalue weighted by atomic mass is 32.2.